The molecule has 1 aliphatic rings. The quantitative estimate of drug-likeness (QED) is 0.577. The number of benzene rings is 2. The topological polar surface area (TPSA) is 0 Å². The first-order valence-electron chi connectivity index (χ1n) is 6.83. The van der Waals surface area contributed by atoms with Crippen LogP contribution in [-0.4, -0.2) is 0 Å². The van der Waals surface area contributed by atoms with Crippen LogP contribution in [0.3, 0.4) is 0 Å². The van der Waals surface area contributed by atoms with Gasteiger partial charge in [-0.1, -0.05) is 62.7 Å². The van der Waals surface area contributed by atoms with Crippen molar-refractivity contribution in [1.29, 1.82) is 0 Å². The lowest BCUT2D eigenvalue weighted by Gasteiger charge is -2.36. The fourth-order valence-corrected chi connectivity index (χ4v) is 4.16. The summed E-state index contributed by atoms with van der Waals surface area (Å²) in [7, 11) is 0. The molecule has 0 N–H and O–H groups in total. The van der Waals surface area contributed by atoms with Gasteiger partial charge in [-0.2, -0.15) is 0 Å². The Labute approximate surface area is 120 Å². The van der Waals surface area contributed by atoms with Crippen LogP contribution in [0.4, 0.5) is 0 Å². The van der Waals surface area contributed by atoms with E-state index < -0.39 is 0 Å². The van der Waals surface area contributed by atoms with Crippen molar-refractivity contribution < 1.29 is 0 Å². The zero-order valence-electron chi connectivity index (χ0n) is 12.0. The molecule has 1 heterocycles. The second kappa shape index (κ2) is 4.42. The fraction of sp³-hybridized carbons (Fsp3) is 0.333. The molecule has 0 bridgehead atoms. The SMILES string of the molecule is Cc1ccc2c(c1)-c1ccccc1SC2C(C)(C)C. The summed E-state index contributed by atoms with van der Waals surface area (Å²) in [4.78, 5) is 1.42. The molecule has 98 valence electrons. The van der Waals surface area contributed by atoms with Gasteiger partial charge in [0.25, 0.3) is 0 Å². The zero-order chi connectivity index (χ0) is 13.6. The van der Waals surface area contributed by atoms with Gasteiger partial charge in [0.2, 0.25) is 0 Å². The molecule has 0 aromatic heterocycles. The van der Waals surface area contributed by atoms with E-state index in [1.165, 1.54) is 27.1 Å². The van der Waals surface area contributed by atoms with Crippen molar-refractivity contribution in [2.45, 2.75) is 37.8 Å². The lowest BCUT2D eigenvalue weighted by Crippen LogP contribution is -2.18. The summed E-state index contributed by atoms with van der Waals surface area (Å²) in [6.45, 7) is 9.18. The van der Waals surface area contributed by atoms with Crippen LogP contribution in [0.2, 0.25) is 0 Å². The smallest absolute Gasteiger partial charge is 0.0399 e. The molecule has 19 heavy (non-hydrogen) atoms. The first-order chi connectivity index (χ1) is 8.97. The van der Waals surface area contributed by atoms with Crippen molar-refractivity contribution in [3.8, 4) is 11.1 Å². The van der Waals surface area contributed by atoms with Crippen LogP contribution in [-0.2, 0) is 0 Å². The first-order valence-corrected chi connectivity index (χ1v) is 7.71. The van der Waals surface area contributed by atoms with Gasteiger partial charge >= 0.3 is 0 Å². The van der Waals surface area contributed by atoms with Gasteiger partial charge in [-0.15, -0.1) is 11.8 Å². The highest BCUT2D eigenvalue weighted by Gasteiger charge is 2.33. The van der Waals surface area contributed by atoms with Crippen molar-refractivity contribution in [3.05, 3.63) is 53.6 Å². The second-order valence-corrected chi connectivity index (χ2v) is 7.60. The standard InChI is InChI=1S/C18H20S/c1-12-9-10-14-15(11-12)13-7-5-6-8-16(13)19-17(14)18(2,3)4/h5-11,17H,1-4H3. The maximum atomic E-state index is 2.34. The van der Waals surface area contributed by atoms with E-state index in [1.807, 2.05) is 11.8 Å². The molecule has 0 amide bonds. The summed E-state index contributed by atoms with van der Waals surface area (Å²) in [6.07, 6.45) is 0. The molecule has 3 rings (SSSR count). The molecule has 1 unspecified atom stereocenters. The Kier molecular flexibility index (Phi) is 2.98. The molecule has 2 aromatic rings. The highest BCUT2D eigenvalue weighted by molar-refractivity contribution is 7.99. The maximum Gasteiger partial charge on any atom is 0.0399 e. The molecule has 0 fully saturated rings. The highest BCUT2D eigenvalue weighted by Crippen LogP contribution is 2.55. The van der Waals surface area contributed by atoms with Gasteiger partial charge in [0.1, 0.15) is 0 Å². The summed E-state index contributed by atoms with van der Waals surface area (Å²) in [5, 5.41) is 0.526. The van der Waals surface area contributed by atoms with Gasteiger partial charge in [0.05, 0.1) is 0 Å². The summed E-state index contributed by atoms with van der Waals surface area (Å²) in [5.74, 6) is 0. The largest absolute Gasteiger partial charge is 0.117 e. The average Bonchev–Trinajstić information content (AvgIpc) is 2.36. The Bertz CT molecular complexity index is 620. The molecule has 0 aliphatic carbocycles. The lowest BCUT2D eigenvalue weighted by molar-refractivity contribution is 0.401. The van der Waals surface area contributed by atoms with E-state index in [1.54, 1.807) is 0 Å². The molecule has 0 saturated carbocycles. The Morgan fingerprint density at radius 3 is 2.42 bits per heavy atom. The number of aryl methyl sites for hydroxylation is 1. The zero-order valence-corrected chi connectivity index (χ0v) is 12.8. The highest BCUT2D eigenvalue weighted by atomic mass is 32.2. The van der Waals surface area contributed by atoms with Crippen molar-refractivity contribution in [2.24, 2.45) is 5.41 Å². The van der Waals surface area contributed by atoms with Crippen molar-refractivity contribution in [1.82, 2.24) is 0 Å². The van der Waals surface area contributed by atoms with Crippen LogP contribution in [0.25, 0.3) is 11.1 Å². The van der Waals surface area contributed by atoms with Crippen LogP contribution in [0.5, 0.6) is 0 Å². The number of fused-ring (bicyclic) bond motifs is 3. The Hall–Kier alpha value is -1.21. The predicted molar refractivity (Wildman–Crippen MR) is 84.7 cm³/mol. The number of hydrogen-bond donors (Lipinski definition) is 0. The number of rotatable bonds is 0. The van der Waals surface area contributed by atoms with E-state index in [-0.39, 0.29) is 5.41 Å². The third-order valence-electron chi connectivity index (χ3n) is 3.70. The third-order valence-corrected chi connectivity index (χ3v) is 5.51. The van der Waals surface area contributed by atoms with Crippen LogP contribution in [0.15, 0.2) is 47.4 Å². The van der Waals surface area contributed by atoms with Crippen molar-refractivity contribution in [2.75, 3.05) is 0 Å². The minimum absolute atomic E-state index is 0.266. The second-order valence-electron chi connectivity index (χ2n) is 6.45. The van der Waals surface area contributed by atoms with E-state index >= 15 is 0 Å². The Morgan fingerprint density at radius 2 is 1.68 bits per heavy atom. The van der Waals surface area contributed by atoms with Gasteiger partial charge in [0, 0.05) is 10.1 Å². The summed E-state index contributed by atoms with van der Waals surface area (Å²) in [6, 6.07) is 15.7. The third kappa shape index (κ3) is 2.21. The normalized spacial score (nSPS) is 17.8. The van der Waals surface area contributed by atoms with E-state index in [0.717, 1.165) is 0 Å². The molecule has 0 radical (unpaired) electrons. The molecular formula is C18H20S. The minimum Gasteiger partial charge on any atom is -0.117 e. The van der Waals surface area contributed by atoms with Crippen LogP contribution in [0.1, 0.15) is 37.1 Å². The van der Waals surface area contributed by atoms with Crippen LogP contribution in [0, 0.1) is 12.3 Å². The molecular weight excluding hydrogens is 248 g/mol. The number of hydrogen-bond acceptors (Lipinski definition) is 1. The van der Waals surface area contributed by atoms with Crippen LogP contribution >= 0.6 is 11.8 Å². The first kappa shape index (κ1) is 12.8. The van der Waals surface area contributed by atoms with Crippen LogP contribution < -0.4 is 0 Å². The predicted octanol–water partition coefficient (Wildman–Crippen LogP) is 5.85. The van der Waals surface area contributed by atoms with Gasteiger partial charge < -0.3 is 0 Å². The molecule has 0 spiro atoms. The monoisotopic (exact) mass is 268 g/mol. The Balaban J connectivity index is 2.26. The molecule has 1 aliphatic heterocycles. The molecule has 0 nitrogen and oxygen atoms in total. The number of thioether (sulfide) groups is 1. The molecule has 1 heteroatoms. The summed E-state index contributed by atoms with van der Waals surface area (Å²) < 4.78 is 0. The van der Waals surface area contributed by atoms with E-state index in [2.05, 4.69) is 70.2 Å². The summed E-state index contributed by atoms with van der Waals surface area (Å²) >= 11 is 2.01. The van der Waals surface area contributed by atoms with Crippen molar-refractivity contribution in [3.63, 3.8) is 0 Å². The molecule has 2 aromatic carbocycles. The van der Waals surface area contributed by atoms with Crippen molar-refractivity contribution >= 4 is 11.8 Å². The van der Waals surface area contributed by atoms with Gasteiger partial charge in [0.15, 0.2) is 0 Å². The average molecular weight is 268 g/mol. The van der Waals surface area contributed by atoms with Gasteiger partial charge in [-0.05, 0) is 35.1 Å². The van der Waals surface area contributed by atoms with Gasteiger partial charge in [-0.3, -0.25) is 0 Å². The maximum absolute atomic E-state index is 2.34. The molecule has 0 saturated heterocycles. The summed E-state index contributed by atoms with van der Waals surface area (Å²) in [5.41, 5.74) is 5.92. The van der Waals surface area contributed by atoms with Gasteiger partial charge in [-0.25, -0.2) is 0 Å². The van der Waals surface area contributed by atoms with E-state index in [0.29, 0.717) is 5.25 Å². The van der Waals surface area contributed by atoms with E-state index in [9.17, 15) is 0 Å². The Morgan fingerprint density at radius 1 is 0.947 bits per heavy atom. The van der Waals surface area contributed by atoms with E-state index in [4.69, 9.17) is 0 Å². The molecule has 1 atom stereocenters. The fourth-order valence-electron chi connectivity index (χ4n) is 2.76. The lowest BCUT2D eigenvalue weighted by atomic mass is 9.83. The minimum atomic E-state index is 0.266.